The van der Waals surface area contributed by atoms with Crippen molar-refractivity contribution in [3.05, 3.63) is 35.4 Å². The molecule has 7 nitrogen and oxygen atoms in total. The van der Waals surface area contributed by atoms with Gasteiger partial charge in [-0.25, -0.2) is 0 Å². The van der Waals surface area contributed by atoms with Crippen molar-refractivity contribution < 1.29 is 9.53 Å². The van der Waals surface area contributed by atoms with Gasteiger partial charge < -0.3 is 25.6 Å². The fourth-order valence-electron chi connectivity index (χ4n) is 2.40. The Morgan fingerprint density at radius 1 is 1.15 bits per heavy atom. The first-order valence-electron chi connectivity index (χ1n) is 9.09. The van der Waals surface area contributed by atoms with Gasteiger partial charge in [-0.05, 0) is 38.1 Å². The monoisotopic (exact) mass is 363 g/mol. The Balaban J connectivity index is 2.32. The summed E-state index contributed by atoms with van der Waals surface area (Å²) in [4.78, 5) is 18.3. The van der Waals surface area contributed by atoms with Crippen LogP contribution < -0.4 is 16.0 Å². The van der Waals surface area contributed by atoms with Gasteiger partial charge in [0.15, 0.2) is 5.96 Å². The molecule has 1 aromatic carbocycles. The molecule has 7 heteroatoms. The van der Waals surface area contributed by atoms with Gasteiger partial charge >= 0.3 is 0 Å². The van der Waals surface area contributed by atoms with Crippen LogP contribution in [-0.4, -0.2) is 70.8 Å². The first-order valence-corrected chi connectivity index (χ1v) is 9.09. The van der Waals surface area contributed by atoms with Crippen LogP contribution in [0.1, 0.15) is 29.3 Å². The number of aliphatic imine (C=N–C) groups is 1. The van der Waals surface area contributed by atoms with Crippen molar-refractivity contribution in [3.8, 4) is 0 Å². The van der Waals surface area contributed by atoms with Crippen molar-refractivity contribution in [1.82, 2.24) is 20.9 Å². The summed E-state index contributed by atoms with van der Waals surface area (Å²) in [7, 11) is 5.59. The molecular formula is C19H33N5O2. The van der Waals surface area contributed by atoms with Gasteiger partial charge in [-0.3, -0.25) is 9.79 Å². The Morgan fingerprint density at radius 3 is 2.50 bits per heavy atom. The molecule has 26 heavy (non-hydrogen) atoms. The molecule has 0 aliphatic rings. The predicted molar refractivity (Wildman–Crippen MR) is 107 cm³/mol. The number of amides is 1. The van der Waals surface area contributed by atoms with Gasteiger partial charge in [0.25, 0.3) is 5.91 Å². The van der Waals surface area contributed by atoms with E-state index >= 15 is 0 Å². The maximum Gasteiger partial charge on any atom is 0.251 e. The van der Waals surface area contributed by atoms with E-state index in [1.807, 2.05) is 31.2 Å². The average Bonchev–Trinajstić information content (AvgIpc) is 2.65. The number of guanidine groups is 1. The van der Waals surface area contributed by atoms with Crippen molar-refractivity contribution in [2.45, 2.75) is 19.9 Å². The molecule has 0 atom stereocenters. The van der Waals surface area contributed by atoms with Crippen LogP contribution in [0.5, 0.6) is 0 Å². The third-order valence-corrected chi connectivity index (χ3v) is 3.91. The number of nitrogens with one attached hydrogen (secondary N) is 3. The van der Waals surface area contributed by atoms with Crippen LogP contribution >= 0.6 is 0 Å². The number of carbonyl (C=O) groups is 1. The summed E-state index contributed by atoms with van der Waals surface area (Å²) in [6.07, 6.45) is 1.03. The molecule has 0 radical (unpaired) electrons. The molecule has 1 rings (SSSR count). The maximum absolute atomic E-state index is 11.8. The molecule has 3 N–H and O–H groups in total. The number of rotatable bonds is 11. The van der Waals surface area contributed by atoms with Gasteiger partial charge in [-0.1, -0.05) is 12.1 Å². The second kappa shape index (κ2) is 13.1. The van der Waals surface area contributed by atoms with Crippen molar-refractivity contribution in [1.29, 1.82) is 0 Å². The zero-order valence-corrected chi connectivity index (χ0v) is 16.5. The van der Waals surface area contributed by atoms with Gasteiger partial charge in [-0.15, -0.1) is 0 Å². The Labute approximate surface area is 157 Å². The van der Waals surface area contributed by atoms with E-state index in [2.05, 4.69) is 32.9 Å². The average molecular weight is 364 g/mol. The quantitative estimate of drug-likeness (QED) is 0.311. The Bertz CT molecular complexity index is 545. The van der Waals surface area contributed by atoms with Crippen molar-refractivity contribution in [2.24, 2.45) is 4.99 Å². The molecule has 0 saturated carbocycles. The minimum Gasteiger partial charge on any atom is -0.385 e. The molecule has 0 saturated heterocycles. The van der Waals surface area contributed by atoms with Crippen LogP contribution in [0.4, 0.5) is 0 Å². The predicted octanol–water partition coefficient (Wildman–Crippen LogP) is 1.07. The van der Waals surface area contributed by atoms with E-state index in [1.165, 1.54) is 0 Å². The summed E-state index contributed by atoms with van der Waals surface area (Å²) < 4.78 is 5.07. The number of hydrogen-bond acceptors (Lipinski definition) is 4. The largest absolute Gasteiger partial charge is 0.385 e. The molecule has 0 fully saturated rings. The zero-order chi connectivity index (χ0) is 19.2. The molecule has 0 aliphatic carbocycles. The summed E-state index contributed by atoms with van der Waals surface area (Å²) in [5.74, 6) is 0.724. The highest BCUT2D eigenvalue weighted by molar-refractivity contribution is 5.94. The summed E-state index contributed by atoms with van der Waals surface area (Å²) in [5.41, 5.74) is 1.77. The van der Waals surface area contributed by atoms with E-state index in [-0.39, 0.29) is 5.91 Å². The lowest BCUT2D eigenvalue weighted by molar-refractivity contribution is 0.0956. The van der Waals surface area contributed by atoms with E-state index in [4.69, 9.17) is 4.74 Å². The van der Waals surface area contributed by atoms with Gasteiger partial charge in [0.2, 0.25) is 0 Å². The van der Waals surface area contributed by atoms with E-state index in [9.17, 15) is 4.79 Å². The molecule has 0 bridgehead atoms. The Morgan fingerprint density at radius 2 is 1.88 bits per heavy atom. The van der Waals surface area contributed by atoms with Crippen molar-refractivity contribution >= 4 is 11.9 Å². The molecule has 0 heterocycles. The SMILES string of the molecule is CCNC(=O)c1ccc(CNC(=NC)NCCN(C)CCCOC)cc1. The van der Waals surface area contributed by atoms with Crippen LogP contribution in [-0.2, 0) is 11.3 Å². The van der Waals surface area contributed by atoms with E-state index < -0.39 is 0 Å². The number of carbonyl (C=O) groups excluding carboxylic acids is 1. The first-order chi connectivity index (χ1) is 12.6. The number of likely N-dealkylation sites (N-methyl/N-ethyl adjacent to an activating group) is 1. The summed E-state index contributed by atoms with van der Waals surface area (Å²) in [5, 5.41) is 9.39. The summed E-state index contributed by atoms with van der Waals surface area (Å²) >= 11 is 0. The van der Waals surface area contributed by atoms with Crippen LogP contribution in [0.3, 0.4) is 0 Å². The van der Waals surface area contributed by atoms with Gasteiger partial charge in [0.1, 0.15) is 0 Å². The molecule has 1 aromatic rings. The minimum absolute atomic E-state index is 0.0425. The minimum atomic E-state index is -0.0425. The number of hydrogen-bond donors (Lipinski definition) is 3. The fourth-order valence-corrected chi connectivity index (χ4v) is 2.40. The molecule has 0 aromatic heterocycles. The van der Waals surface area contributed by atoms with Crippen molar-refractivity contribution in [3.63, 3.8) is 0 Å². The number of nitrogens with zero attached hydrogens (tertiary/aromatic N) is 2. The standard InChI is InChI=1S/C19H33N5O2/c1-5-21-18(25)17-9-7-16(8-10-17)15-23-19(20-2)22-11-13-24(3)12-6-14-26-4/h7-10H,5-6,11-15H2,1-4H3,(H,21,25)(H2,20,22,23). The molecule has 0 spiro atoms. The normalized spacial score (nSPS) is 11.5. The topological polar surface area (TPSA) is 78.0 Å². The third-order valence-electron chi connectivity index (χ3n) is 3.91. The van der Waals surface area contributed by atoms with Crippen LogP contribution in [0, 0.1) is 0 Å². The highest BCUT2D eigenvalue weighted by Crippen LogP contribution is 2.04. The molecule has 0 aliphatic heterocycles. The highest BCUT2D eigenvalue weighted by Gasteiger charge is 2.04. The lowest BCUT2D eigenvalue weighted by Gasteiger charge is -2.18. The maximum atomic E-state index is 11.8. The smallest absolute Gasteiger partial charge is 0.251 e. The number of methoxy groups -OCH3 is 1. The van der Waals surface area contributed by atoms with Crippen LogP contribution in [0.25, 0.3) is 0 Å². The highest BCUT2D eigenvalue weighted by atomic mass is 16.5. The number of benzene rings is 1. The molecule has 146 valence electrons. The molecule has 0 unspecified atom stereocenters. The van der Waals surface area contributed by atoms with Crippen LogP contribution in [0.15, 0.2) is 29.3 Å². The fraction of sp³-hybridized carbons (Fsp3) is 0.579. The van der Waals surface area contributed by atoms with Gasteiger partial charge in [-0.2, -0.15) is 0 Å². The van der Waals surface area contributed by atoms with E-state index in [0.29, 0.717) is 18.7 Å². The van der Waals surface area contributed by atoms with Crippen molar-refractivity contribution in [2.75, 3.05) is 54.0 Å². The lowest BCUT2D eigenvalue weighted by atomic mass is 10.1. The Kier molecular flexibility index (Phi) is 11.1. The molecular weight excluding hydrogens is 330 g/mol. The number of ether oxygens (including phenoxy) is 1. The van der Waals surface area contributed by atoms with Gasteiger partial charge in [0, 0.05) is 59.1 Å². The summed E-state index contributed by atoms with van der Waals surface area (Å²) in [6, 6.07) is 7.59. The Hall–Kier alpha value is -2.12. The van der Waals surface area contributed by atoms with E-state index in [0.717, 1.165) is 44.2 Å². The van der Waals surface area contributed by atoms with Gasteiger partial charge in [0.05, 0.1) is 0 Å². The van der Waals surface area contributed by atoms with Crippen LogP contribution in [0.2, 0.25) is 0 Å². The van der Waals surface area contributed by atoms with E-state index in [1.54, 1.807) is 14.2 Å². The zero-order valence-electron chi connectivity index (χ0n) is 16.5. The first kappa shape index (κ1) is 21.9. The second-order valence-electron chi connectivity index (χ2n) is 6.06. The third kappa shape index (κ3) is 8.82. The molecule has 1 amide bonds. The second-order valence-corrected chi connectivity index (χ2v) is 6.06. The summed E-state index contributed by atoms with van der Waals surface area (Å²) in [6.45, 7) is 6.75. The lowest BCUT2D eigenvalue weighted by Crippen LogP contribution is -2.40.